The Balaban J connectivity index is 1.03. The number of anilines is 6. The number of para-hydroxylation sites is 3. The van der Waals surface area contributed by atoms with E-state index in [0.29, 0.717) is 0 Å². The van der Waals surface area contributed by atoms with Gasteiger partial charge in [-0.25, -0.2) is 0 Å². The van der Waals surface area contributed by atoms with Crippen LogP contribution in [0.25, 0.3) is 65.3 Å². The van der Waals surface area contributed by atoms with E-state index in [-0.39, 0.29) is 0 Å². The number of hydrogen-bond acceptors (Lipinski definition) is 2. The number of nitrogens with zero attached hydrogens (tertiary/aromatic N) is 2. The Kier molecular flexibility index (Phi) is 8.67. The highest BCUT2D eigenvalue weighted by atomic mass is 28.3. The molecule has 0 radical (unpaired) electrons. The van der Waals surface area contributed by atoms with Crippen molar-refractivity contribution in [2.24, 2.45) is 0 Å². The van der Waals surface area contributed by atoms with Gasteiger partial charge in [-0.05, 0) is 149 Å². The molecule has 0 N–H and O–H groups in total. The first-order valence-electron chi connectivity index (χ1n) is 21.9. The SMILES string of the molecule is C[Si]1(C)c2cc(N(c3ccccc3)c3cccc4ccccc34)ccc2-c2cc3c4ccccc4c(-c4ccc(N(c5ccccc5)c5ccccc5)cc4)cc3c3cccc1c23. The van der Waals surface area contributed by atoms with Crippen molar-refractivity contribution in [2.45, 2.75) is 13.1 Å². The quantitative estimate of drug-likeness (QED) is 0.117. The van der Waals surface area contributed by atoms with Crippen molar-refractivity contribution in [1.29, 1.82) is 0 Å². The maximum Gasteiger partial charge on any atom is 0.113 e. The fourth-order valence-corrected chi connectivity index (χ4v) is 13.5. The molecule has 12 rings (SSSR count). The minimum Gasteiger partial charge on any atom is -0.311 e. The Morgan fingerprint density at radius 3 is 1.51 bits per heavy atom. The number of benzene rings is 11. The van der Waals surface area contributed by atoms with Gasteiger partial charge >= 0.3 is 0 Å². The van der Waals surface area contributed by atoms with Gasteiger partial charge in [0.1, 0.15) is 8.07 Å². The standard InChI is InChI=1S/C60H44N2Si/c1-63(2)58-31-17-29-52-55-39-53(42-32-34-46(35-33-42)61(43-20-6-3-7-21-43)44-22-8-4-9-23-44)49-27-14-15-28-50(49)54(55)40-56(60(52)58)51-37-36-47(38-59(51)63)62(45-24-10-5-11-25-45)57-30-16-19-41-18-12-13-26-48(41)57/h3-40H,1-2H3. The average Bonchev–Trinajstić information content (AvgIpc) is 3.34. The normalized spacial score (nSPS) is 12.7. The van der Waals surface area contributed by atoms with Crippen LogP contribution in [0.5, 0.6) is 0 Å². The Morgan fingerprint density at radius 2 is 0.810 bits per heavy atom. The summed E-state index contributed by atoms with van der Waals surface area (Å²) in [6.45, 7) is 5.09. The zero-order chi connectivity index (χ0) is 42.1. The molecule has 1 aliphatic rings. The largest absolute Gasteiger partial charge is 0.311 e. The predicted molar refractivity (Wildman–Crippen MR) is 273 cm³/mol. The fraction of sp³-hybridized carbons (Fsp3) is 0.0333. The van der Waals surface area contributed by atoms with Crippen LogP contribution >= 0.6 is 0 Å². The van der Waals surface area contributed by atoms with Crippen molar-refractivity contribution >= 4 is 95.7 Å². The topological polar surface area (TPSA) is 6.48 Å². The smallest absolute Gasteiger partial charge is 0.113 e. The summed E-state index contributed by atoms with van der Waals surface area (Å²) in [6.07, 6.45) is 0. The molecule has 0 bridgehead atoms. The second-order valence-electron chi connectivity index (χ2n) is 17.3. The number of rotatable bonds is 7. The summed E-state index contributed by atoms with van der Waals surface area (Å²) in [5, 5.41) is 13.3. The maximum absolute atomic E-state index is 2.55. The van der Waals surface area contributed by atoms with Crippen LogP contribution in [0, 0.1) is 0 Å². The first kappa shape index (κ1) is 37.1. The second kappa shape index (κ2) is 14.7. The minimum absolute atomic E-state index is 1.13. The van der Waals surface area contributed by atoms with Crippen LogP contribution in [0.3, 0.4) is 0 Å². The zero-order valence-corrected chi connectivity index (χ0v) is 36.3. The second-order valence-corrected chi connectivity index (χ2v) is 21.6. The summed E-state index contributed by atoms with van der Waals surface area (Å²) in [7, 11) is -2.22. The van der Waals surface area contributed by atoms with Crippen LogP contribution in [0.4, 0.5) is 34.1 Å². The van der Waals surface area contributed by atoms with Gasteiger partial charge in [0, 0.05) is 33.8 Å². The zero-order valence-electron chi connectivity index (χ0n) is 35.3. The summed E-state index contributed by atoms with van der Waals surface area (Å²) in [5.74, 6) is 0. The molecule has 1 heterocycles. The van der Waals surface area contributed by atoms with Crippen molar-refractivity contribution in [3.63, 3.8) is 0 Å². The summed E-state index contributed by atoms with van der Waals surface area (Å²) < 4.78 is 0. The van der Waals surface area contributed by atoms with E-state index in [1.165, 1.54) is 87.1 Å². The van der Waals surface area contributed by atoms with Crippen molar-refractivity contribution < 1.29 is 0 Å². The van der Waals surface area contributed by atoms with Gasteiger partial charge in [0.25, 0.3) is 0 Å². The molecule has 1 aliphatic heterocycles. The molecule has 0 saturated carbocycles. The molecule has 0 unspecified atom stereocenters. The van der Waals surface area contributed by atoms with Crippen LogP contribution in [-0.2, 0) is 0 Å². The number of fused-ring (bicyclic) bond motifs is 7. The van der Waals surface area contributed by atoms with Crippen molar-refractivity contribution in [3.05, 3.63) is 231 Å². The molecule has 0 aliphatic carbocycles. The molecule has 2 nitrogen and oxygen atoms in total. The van der Waals surface area contributed by atoms with Gasteiger partial charge in [-0.15, -0.1) is 0 Å². The first-order chi connectivity index (χ1) is 31.0. The van der Waals surface area contributed by atoms with Crippen LogP contribution < -0.4 is 20.2 Å². The Hall–Kier alpha value is -7.72. The highest BCUT2D eigenvalue weighted by Crippen LogP contribution is 2.46. The maximum atomic E-state index is 2.55. The Bertz CT molecular complexity index is 3480. The lowest BCUT2D eigenvalue weighted by molar-refractivity contribution is 1.28. The molecule has 11 aromatic carbocycles. The Morgan fingerprint density at radius 1 is 0.302 bits per heavy atom. The third-order valence-electron chi connectivity index (χ3n) is 13.4. The lowest BCUT2D eigenvalue weighted by Crippen LogP contribution is -2.56. The van der Waals surface area contributed by atoms with Gasteiger partial charge in [0.05, 0.1) is 5.69 Å². The lowest BCUT2D eigenvalue weighted by Gasteiger charge is -2.36. The summed E-state index contributed by atoms with van der Waals surface area (Å²) in [4.78, 5) is 4.78. The third-order valence-corrected chi connectivity index (χ3v) is 16.9. The molecule has 0 saturated heterocycles. The van der Waals surface area contributed by atoms with Gasteiger partial charge in [-0.2, -0.15) is 0 Å². The molecule has 0 fully saturated rings. The monoisotopic (exact) mass is 820 g/mol. The molecule has 0 aromatic heterocycles. The van der Waals surface area contributed by atoms with E-state index in [0.717, 1.165) is 22.7 Å². The lowest BCUT2D eigenvalue weighted by atomic mass is 9.87. The highest BCUT2D eigenvalue weighted by Gasteiger charge is 2.37. The molecule has 63 heavy (non-hydrogen) atoms. The van der Waals surface area contributed by atoms with Crippen molar-refractivity contribution in [1.82, 2.24) is 0 Å². The van der Waals surface area contributed by atoms with E-state index >= 15 is 0 Å². The van der Waals surface area contributed by atoms with E-state index in [4.69, 9.17) is 0 Å². The van der Waals surface area contributed by atoms with E-state index < -0.39 is 8.07 Å². The van der Waals surface area contributed by atoms with Crippen LogP contribution in [-0.4, -0.2) is 8.07 Å². The van der Waals surface area contributed by atoms with Crippen LogP contribution in [0.1, 0.15) is 0 Å². The average molecular weight is 821 g/mol. The minimum atomic E-state index is -2.22. The van der Waals surface area contributed by atoms with E-state index in [1.807, 2.05) is 0 Å². The van der Waals surface area contributed by atoms with Crippen molar-refractivity contribution in [2.75, 3.05) is 9.80 Å². The summed E-state index contributed by atoms with van der Waals surface area (Å²) in [5.41, 5.74) is 12.1. The van der Waals surface area contributed by atoms with E-state index in [9.17, 15) is 0 Å². The molecule has 11 aromatic rings. The van der Waals surface area contributed by atoms with Gasteiger partial charge in [-0.1, -0.05) is 165 Å². The molecular formula is C60H44N2Si. The first-order valence-corrected chi connectivity index (χ1v) is 24.9. The van der Waals surface area contributed by atoms with Crippen molar-refractivity contribution in [3.8, 4) is 22.3 Å². The summed E-state index contributed by atoms with van der Waals surface area (Å²) in [6, 6.07) is 85.0. The Labute approximate surface area is 369 Å². The predicted octanol–water partition coefficient (Wildman–Crippen LogP) is 15.7. The van der Waals surface area contributed by atoms with Gasteiger partial charge in [0.15, 0.2) is 0 Å². The molecule has 298 valence electrons. The third kappa shape index (κ3) is 6.00. The van der Waals surface area contributed by atoms with E-state index in [1.54, 1.807) is 0 Å². The highest BCUT2D eigenvalue weighted by molar-refractivity contribution is 7.03. The summed E-state index contributed by atoms with van der Waals surface area (Å²) >= 11 is 0. The molecule has 0 spiro atoms. The van der Waals surface area contributed by atoms with Gasteiger partial charge in [0.2, 0.25) is 0 Å². The number of hydrogen-bond donors (Lipinski definition) is 0. The van der Waals surface area contributed by atoms with Gasteiger partial charge < -0.3 is 9.80 Å². The molecule has 3 heteroatoms. The van der Waals surface area contributed by atoms with Gasteiger partial charge in [-0.3, -0.25) is 0 Å². The molecule has 0 atom stereocenters. The fourth-order valence-electron chi connectivity index (χ4n) is 10.4. The van der Waals surface area contributed by atoms with Crippen LogP contribution in [0.2, 0.25) is 13.1 Å². The van der Waals surface area contributed by atoms with E-state index in [2.05, 4.69) is 253 Å². The molecule has 0 amide bonds. The van der Waals surface area contributed by atoms with Crippen LogP contribution in [0.15, 0.2) is 231 Å². The molecular weight excluding hydrogens is 777 g/mol.